The summed E-state index contributed by atoms with van der Waals surface area (Å²) in [4.78, 5) is 23.2. The molecule has 0 saturated heterocycles. The third-order valence-electron chi connectivity index (χ3n) is 6.72. The number of ether oxygens (including phenoxy) is 1. The van der Waals surface area contributed by atoms with Gasteiger partial charge in [0.2, 0.25) is 17.7 Å². The standard InChI is InChI=1S/C24H33F2N5O3/c1-16-27-22(30-34-16)14-23(32)28-19-5-2-17(3-6-19)8-11-31-12-9-18-4-7-24(33-15-21(25)26)29-20(18)10-13-31/h4,7,17,19,21H,2-3,5-6,8-15H2,1H3,(H,28,32)/t17-,19-. The minimum absolute atomic E-state index is 0.0512. The molecule has 8 nitrogen and oxygen atoms in total. The Bertz CT molecular complexity index is 946. The minimum Gasteiger partial charge on any atom is -0.472 e. The van der Waals surface area contributed by atoms with Crippen LogP contribution in [0.25, 0.3) is 0 Å². The van der Waals surface area contributed by atoms with E-state index in [9.17, 15) is 13.6 Å². The van der Waals surface area contributed by atoms with Crippen molar-refractivity contribution in [2.45, 2.75) is 70.8 Å². The number of hydrogen-bond donors (Lipinski definition) is 1. The highest BCUT2D eigenvalue weighted by molar-refractivity contribution is 5.78. The molecule has 0 spiro atoms. The number of carbonyl (C=O) groups is 1. The van der Waals surface area contributed by atoms with Crippen LogP contribution in [0.3, 0.4) is 0 Å². The van der Waals surface area contributed by atoms with Gasteiger partial charge in [0.1, 0.15) is 0 Å². The monoisotopic (exact) mass is 477 g/mol. The second-order valence-electron chi connectivity index (χ2n) is 9.28. The van der Waals surface area contributed by atoms with Crippen LogP contribution < -0.4 is 10.1 Å². The molecule has 1 fully saturated rings. The van der Waals surface area contributed by atoms with E-state index in [0.717, 1.165) is 70.3 Å². The van der Waals surface area contributed by atoms with Crippen molar-refractivity contribution >= 4 is 5.91 Å². The Morgan fingerprint density at radius 3 is 2.74 bits per heavy atom. The lowest BCUT2D eigenvalue weighted by Crippen LogP contribution is -2.39. The first-order chi connectivity index (χ1) is 16.4. The Hall–Kier alpha value is -2.62. The molecule has 2 aliphatic rings. The number of carbonyl (C=O) groups excluding carboxylic acids is 1. The van der Waals surface area contributed by atoms with Gasteiger partial charge >= 0.3 is 0 Å². The molecule has 34 heavy (non-hydrogen) atoms. The Labute approximate surface area is 198 Å². The van der Waals surface area contributed by atoms with Crippen LogP contribution >= 0.6 is 0 Å². The van der Waals surface area contributed by atoms with Crippen LogP contribution in [0.5, 0.6) is 5.88 Å². The van der Waals surface area contributed by atoms with Crippen LogP contribution in [0.2, 0.25) is 0 Å². The Morgan fingerprint density at radius 1 is 1.21 bits per heavy atom. The van der Waals surface area contributed by atoms with E-state index in [1.54, 1.807) is 13.0 Å². The van der Waals surface area contributed by atoms with Crippen LogP contribution in [-0.4, -0.2) is 64.6 Å². The minimum atomic E-state index is -2.50. The zero-order valence-corrected chi connectivity index (χ0v) is 19.6. The molecule has 1 amide bonds. The van der Waals surface area contributed by atoms with E-state index < -0.39 is 13.0 Å². The summed E-state index contributed by atoms with van der Waals surface area (Å²) < 4.78 is 34.8. The van der Waals surface area contributed by atoms with Crippen molar-refractivity contribution in [1.29, 1.82) is 0 Å². The molecule has 0 atom stereocenters. The first kappa shape index (κ1) is 24.5. The van der Waals surface area contributed by atoms with Gasteiger partial charge in [-0.1, -0.05) is 11.2 Å². The lowest BCUT2D eigenvalue weighted by atomic mass is 9.84. The number of amides is 1. The average Bonchev–Trinajstić information content (AvgIpc) is 3.11. The SMILES string of the molecule is Cc1nc(CC(=O)N[C@H]2CC[C@H](CCN3CCc4ccc(OCC(F)F)nc4CC3)CC2)no1. The highest BCUT2D eigenvalue weighted by Crippen LogP contribution is 2.28. The summed E-state index contributed by atoms with van der Waals surface area (Å²) in [5.41, 5.74) is 2.14. The zero-order chi connectivity index (χ0) is 23.9. The van der Waals surface area contributed by atoms with E-state index in [0.29, 0.717) is 17.6 Å². The molecule has 1 saturated carbocycles. The summed E-state index contributed by atoms with van der Waals surface area (Å²) in [5.74, 6) is 1.80. The van der Waals surface area contributed by atoms with E-state index in [4.69, 9.17) is 9.26 Å². The summed E-state index contributed by atoms with van der Waals surface area (Å²) >= 11 is 0. The third kappa shape index (κ3) is 7.19. The molecular weight excluding hydrogens is 444 g/mol. The number of hydrogen-bond acceptors (Lipinski definition) is 7. The third-order valence-corrected chi connectivity index (χ3v) is 6.72. The highest BCUT2D eigenvalue weighted by Gasteiger charge is 2.24. The van der Waals surface area contributed by atoms with E-state index in [1.165, 1.54) is 5.56 Å². The molecule has 2 aromatic rings. The van der Waals surface area contributed by atoms with Crippen LogP contribution in [0.1, 0.15) is 55.1 Å². The van der Waals surface area contributed by atoms with Crippen molar-refractivity contribution in [3.05, 3.63) is 35.1 Å². The molecule has 1 N–H and O–H groups in total. The number of alkyl halides is 2. The zero-order valence-electron chi connectivity index (χ0n) is 19.6. The van der Waals surface area contributed by atoms with Crippen molar-refractivity contribution in [3.8, 4) is 5.88 Å². The summed E-state index contributed by atoms with van der Waals surface area (Å²) in [6.07, 6.45) is 4.76. The molecule has 0 aromatic carbocycles. The molecule has 0 radical (unpaired) electrons. The van der Waals surface area contributed by atoms with Crippen molar-refractivity contribution in [1.82, 2.24) is 25.3 Å². The number of fused-ring (bicyclic) bond motifs is 1. The Kier molecular flexibility index (Phi) is 8.42. The van der Waals surface area contributed by atoms with Crippen molar-refractivity contribution in [3.63, 3.8) is 0 Å². The van der Waals surface area contributed by atoms with Crippen molar-refractivity contribution in [2.24, 2.45) is 5.92 Å². The number of aromatic nitrogens is 3. The topological polar surface area (TPSA) is 93.4 Å². The van der Waals surface area contributed by atoms with Gasteiger partial charge in [-0.25, -0.2) is 13.8 Å². The smallest absolute Gasteiger partial charge is 0.272 e. The van der Waals surface area contributed by atoms with Crippen LogP contribution in [0.15, 0.2) is 16.7 Å². The van der Waals surface area contributed by atoms with Crippen molar-refractivity contribution in [2.75, 3.05) is 26.2 Å². The summed E-state index contributed by atoms with van der Waals surface area (Å²) in [6.45, 7) is 4.03. The van der Waals surface area contributed by atoms with Crippen LogP contribution in [0.4, 0.5) is 8.78 Å². The number of nitrogens with zero attached hydrogens (tertiary/aromatic N) is 4. The van der Waals surface area contributed by atoms with Gasteiger partial charge < -0.3 is 19.5 Å². The van der Waals surface area contributed by atoms with E-state index in [2.05, 4.69) is 25.3 Å². The fraction of sp³-hybridized carbons (Fsp3) is 0.667. The van der Waals surface area contributed by atoms with Gasteiger partial charge in [0, 0.05) is 44.2 Å². The molecule has 0 bridgehead atoms. The van der Waals surface area contributed by atoms with Gasteiger partial charge in [0.25, 0.3) is 6.43 Å². The molecule has 1 aliphatic carbocycles. The van der Waals surface area contributed by atoms with Gasteiger partial charge in [0.05, 0.1) is 6.42 Å². The molecular formula is C24H33F2N5O3. The van der Waals surface area contributed by atoms with Crippen LogP contribution in [-0.2, 0) is 24.1 Å². The summed E-state index contributed by atoms with van der Waals surface area (Å²) in [7, 11) is 0. The molecule has 186 valence electrons. The van der Waals surface area contributed by atoms with Crippen LogP contribution in [0, 0.1) is 12.8 Å². The first-order valence-corrected chi connectivity index (χ1v) is 12.1. The number of aryl methyl sites for hydroxylation is 1. The van der Waals surface area contributed by atoms with E-state index in [1.807, 2.05) is 6.07 Å². The predicted molar refractivity (Wildman–Crippen MR) is 121 cm³/mol. The lowest BCUT2D eigenvalue weighted by molar-refractivity contribution is -0.121. The molecule has 4 rings (SSSR count). The fourth-order valence-electron chi connectivity index (χ4n) is 4.86. The maximum Gasteiger partial charge on any atom is 0.272 e. The number of nitrogens with one attached hydrogen (secondary N) is 1. The van der Waals surface area contributed by atoms with Crippen molar-refractivity contribution < 1.29 is 22.8 Å². The van der Waals surface area contributed by atoms with Gasteiger partial charge in [-0.15, -0.1) is 0 Å². The normalized spacial score (nSPS) is 21.2. The Morgan fingerprint density at radius 2 is 2.00 bits per heavy atom. The van der Waals surface area contributed by atoms with Gasteiger partial charge in [-0.2, -0.15) is 4.98 Å². The van der Waals surface area contributed by atoms with Gasteiger partial charge in [-0.3, -0.25) is 4.79 Å². The maximum atomic E-state index is 12.4. The quantitative estimate of drug-likeness (QED) is 0.593. The predicted octanol–water partition coefficient (Wildman–Crippen LogP) is 3.13. The molecule has 10 heteroatoms. The van der Waals surface area contributed by atoms with E-state index >= 15 is 0 Å². The fourth-order valence-corrected chi connectivity index (χ4v) is 4.86. The first-order valence-electron chi connectivity index (χ1n) is 12.1. The van der Waals surface area contributed by atoms with Gasteiger partial charge in [-0.05, 0) is 56.6 Å². The molecule has 3 heterocycles. The summed E-state index contributed by atoms with van der Waals surface area (Å²) in [5, 5.41) is 6.89. The number of pyridine rings is 1. The second-order valence-corrected chi connectivity index (χ2v) is 9.28. The summed E-state index contributed by atoms with van der Waals surface area (Å²) in [6, 6.07) is 3.87. The maximum absolute atomic E-state index is 12.4. The lowest BCUT2D eigenvalue weighted by Gasteiger charge is -2.30. The second kappa shape index (κ2) is 11.7. The molecule has 1 aliphatic heterocycles. The number of halogens is 2. The molecule has 2 aromatic heterocycles. The van der Waals surface area contributed by atoms with E-state index in [-0.39, 0.29) is 24.2 Å². The average molecular weight is 478 g/mol. The van der Waals surface area contributed by atoms with Gasteiger partial charge in [0.15, 0.2) is 12.4 Å². The Balaban J connectivity index is 1.15. The highest BCUT2D eigenvalue weighted by atomic mass is 19.3. The number of rotatable bonds is 9. The molecule has 0 unspecified atom stereocenters. The largest absolute Gasteiger partial charge is 0.472 e.